The summed E-state index contributed by atoms with van der Waals surface area (Å²) in [7, 11) is 1.58. The average Bonchev–Trinajstić information content (AvgIpc) is 2.72. The van der Waals surface area contributed by atoms with Crippen LogP contribution in [-0.2, 0) is 4.74 Å². The fourth-order valence-electron chi connectivity index (χ4n) is 3.62. The molecule has 3 aromatic rings. The smallest absolute Gasteiger partial charge is 0.257 e. The van der Waals surface area contributed by atoms with Gasteiger partial charge in [0.05, 0.1) is 36.9 Å². The number of amides is 1. The number of para-hydroxylation sites is 1. The number of carbonyl (C=O) groups is 1. The van der Waals surface area contributed by atoms with Crippen molar-refractivity contribution in [3.8, 4) is 5.75 Å². The fourth-order valence-corrected chi connectivity index (χ4v) is 3.62. The minimum Gasteiger partial charge on any atom is -0.496 e. The van der Waals surface area contributed by atoms with Crippen LogP contribution in [0.4, 0.5) is 5.82 Å². The van der Waals surface area contributed by atoms with Crippen molar-refractivity contribution in [3.63, 3.8) is 0 Å². The quantitative estimate of drug-likeness (QED) is 0.729. The SMILES string of the molecule is COc1c(C)cccc1C(=O)N1CCO[C@H](c2ccc3c(N)nc(C)nc3n2)C1. The standard InChI is InChI=1S/C21H23N5O3/c1-12-5-4-6-14(18(12)28-3)21(27)26-9-10-29-17(11-26)16-8-7-15-19(22)23-13(2)24-20(15)25-16/h4-8,17H,9-11H2,1-3H3,(H2,22,23,24,25)/t17-/m0/s1. The van der Waals surface area contributed by atoms with Crippen molar-refractivity contribution in [2.75, 3.05) is 32.5 Å². The molecule has 1 amide bonds. The van der Waals surface area contributed by atoms with Crippen molar-refractivity contribution in [3.05, 3.63) is 53.0 Å². The third-order valence-corrected chi connectivity index (χ3v) is 5.05. The van der Waals surface area contributed by atoms with Gasteiger partial charge in [0.2, 0.25) is 0 Å². The van der Waals surface area contributed by atoms with Crippen molar-refractivity contribution in [1.82, 2.24) is 19.9 Å². The van der Waals surface area contributed by atoms with Crippen molar-refractivity contribution < 1.29 is 14.3 Å². The molecule has 29 heavy (non-hydrogen) atoms. The number of carbonyl (C=O) groups excluding carboxylic acids is 1. The highest BCUT2D eigenvalue weighted by Gasteiger charge is 2.29. The third-order valence-electron chi connectivity index (χ3n) is 5.05. The molecule has 1 aliphatic heterocycles. The van der Waals surface area contributed by atoms with Crippen LogP contribution in [-0.4, -0.2) is 52.6 Å². The van der Waals surface area contributed by atoms with Gasteiger partial charge in [0, 0.05) is 6.54 Å². The van der Waals surface area contributed by atoms with Gasteiger partial charge in [-0.15, -0.1) is 0 Å². The Morgan fingerprint density at radius 2 is 2.03 bits per heavy atom. The molecule has 3 heterocycles. The van der Waals surface area contributed by atoms with Gasteiger partial charge in [0.1, 0.15) is 23.5 Å². The van der Waals surface area contributed by atoms with Gasteiger partial charge in [-0.1, -0.05) is 12.1 Å². The summed E-state index contributed by atoms with van der Waals surface area (Å²) in [5.41, 5.74) is 8.68. The van der Waals surface area contributed by atoms with Crippen LogP contribution in [0.1, 0.15) is 33.5 Å². The predicted octanol–water partition coefficient (Wildman–Crippen LogP) is 2.45. The zero-order valence-corrected chi connectivity index (χ0v) is 16.7. The molecule has 1 atom stereocenters. The van der Waals surface area contributed by atoms with E-state index in [0.717, 1.165) is 5.56 Å². The van der Waals surface area contributed by atoms with Crippen LogP contribution in [0.5, 0.6) is 5.75 Å². The Bertz CT molecular complexity index is 1090. The number of ether oxygens (including phenoxy) is 2. The molecule has 2 N–H and O–H groups in total. The van der Waals surface area contributed by atoms with Crippen LogP contribution in [0.15, 0.2) is 30.3 Å². The Morgan fingerprint density at radius 1 is 1.21 bits per heavy atom. The minimum absolute atomic E-state index is 0.0814. The lowest BCUT2D eigenvalue weighted by molar-refractivity contribution is -0.0247. The van der Waals surface area contributed by atoms with E-state index in [1.165, 1.54) is 0 Å². The summed E-state index contributed by atoms with van der Waals surface area (Å²) in [5.74, 6) is 1.49. The number of methoxy groups -OCH3 is 1. The fraction of sp³-hybridized carbons (Fsp3) is 0.333. The van der Waals surface area contributed by atoms with Crippen molar-refractivity contribution in [1.29, 1.82) is 0 Å². The molecule has 0 unspecified atom stereocenters. The first-order valence-corrected chi connectivity index (χ1v) is 9.43. The summed E-state index contributed by atoms with van der Waals surface area (Å²) in [6.07, 6.45) is -0.343. The van der Waals surface area contributed by atoms with Gasteiger partial charge >= 0.3 is 0 Å². The second-order valence-electron chi connectivity index (χ2n) is 7.03. The van der Waals surface area contributed by atoms with Gasteiger partial charge < -0.3 is 20.1 Å². The molecule has 1 saturated heterocycles. The Kier molecular flexibility index (Phi) is 5.02. The second-order valence-corrected chi connectivity index (χ2v) is 7.03. The maximum Gasteiger partial charge on any atom is 0.257 e. The van der Waals surface area contributed by atoms with Crippen LogP contribution in [0.25, 0.3) is 11.0 Å². The maximum absolute atomic E-state index is 13.1. The number of aryl methyl sites for hydroxylation is 2. The van der Waals surface area contributed by atoms with Crippen LogP contribution in [0, 0.1) is 13.8 Å². The number of rotatable bonds is 3. The molecule has 4 rings (SSSR count). The molecule has 0 bridgehead atoms. The number of nitrogen functional groups attached to an aromatic ring is 1. The maximum atomic E-state index is 13.1. The lowest BCUT2D eigenvalue weighted by Crippen LogP contribution is -2.42. The molecule has 2 aromatic heterocycles. The number of aromatic nitrogens is 3. The largest absolute Gasteiger partial charge is 0.496 e. The number of anilines is 1. The summed E-state index contributed by atoms with van der Waals surface area (Å²) in [4.78, 5) is 28.1. The summed E-state index contributed by atoms with van der Waals surface area (Å²) in [6, 6.07) is 9.27. The van der Waals surface area contributed by atoms with Gasteiger partial charge in [0.15, 0.2) is 5.65 Å². The van der Waals surface area contributed by atoms with Gasteiger partial charge in [-0.05, 0) is 37.6 Å². The van der Waals surface area contributed by atoms with E-state index in [4.69, 9.17) is 15.2 Å². The van der Waals surface area contributed by atoms with Crippen LogP contribution in [0.3, 0.4) is 0 Å². The average molecular weight is 393 g/mol. The van der Waals surface area contributed by atoms with Gasteiger partial charge in [-0.2, -0.15) is 0 Å². The zero-order chi connectivity index (χ0) is 20.5. The lowest BCUT2D eigenvalue weighted by atomic mass is 10.1. The molecule has 8 heteroatoms. The van der Waals surface area contributed by atoms with Crippen LogP contribution >= 0.6 is 0 Å². The van der Waals surface area contributed by atoms with Gasteiger partial charge in [0.25, 0.3) is 5.91 Å². The number of hydrogen-bond donors (Lipinski definition) is 1. The van der Waals surface area contributed by atoms with E-state index in [1.807, 2.05) is 31.2 Å². The van der Waals surface area contributed by atoms with E-state index in [9.17, 15) is 4.79 Å². The highest BCUT2D eigenvalue weighted by Crippen LogP contribution is 2.28. The monoisotopic (exact) mass is 393 g/mol. The number of nitrogens with zero attached hydrogens (tertiary/aromatic N) is 4. The van der Waals surface area contributed by atoms with E-state index < -0.39 is 0 Å². The Hall–Kier alpha value is -3.26. The molecule has 0 radical (unpaired) electrons. The Balaban J connectivity index is 1.61. The molecule has 1 fully saturated rings. The summed E-state index contributed by atoms with van der Waals surface area (Å²) >= 11 is 0. The van der Waals surface area contributed by atoms with Crippen molar-refractivity contribution in [2.45, 2.75) is 20.0 Å². The number of benzene rings is 1. The number of morpholine rings is 1. The molecule has 150 valence electrons. The first-order chi connectivity index (χ1) is 14.0. The lowest BCUT2D eigenvalue weighted by Gasteiger charge is -2.33. The van der Waals surface area contributed by atoms with Crippen LogP contribution in [0.2, 0.25) is 0 Å². The van der Waals surface area contributed by atoms with E-state index in [1.54, 1.807) is 25.0 Å². The van der Waals surface area contributed by atoms with E-state index in [0.29, 0.717) is 59.4 Å². The molecule has 0 saturated carbocycles. The van der Waals surface area contributed by atoms with E-state index >= 15 is 0 Å². The summed E-state index contributed by atoms with van der Waals surface area (Å²) in [6.45, 7) is 5.03. The molecule has 1 aromatic carbocycles. The molecular formula is C21H23N5O3. The number of nitrogens with two attached hydrogens (primary N) is 1. The Labute approximate surface area is 168 Å². The predicted molar refractivity (Wildman–Crippen MR) is 109 cm³/mol. The van der Waals surface area contributed by atoms with Gasteiger partial charge in [-0.3, -0.25) is 4.79 Å². The third kappa shape index (κ3) is 3.58. The second kappa shape index (κ2) is 7.63. The number of hydrogen-bond acceptors (Lipinski definition) is 7. The molecule has 0 aliphatic carbocycles. The van der Waals surface area contributed by atoms with E-state index in [-0.39, 0.29) is 12.0 Å². The number of pyridine rings is 1. The topological polar surface area (TPSA) is 103 Å². The zero-order valence-electron chi connectivity index (χ0n) is 16.7. The van der Waals surface area contributed by atoms with Crippen molar-refractivity contribution in [2.24, 2.45) is 0 Å². The first-order valence-electron chi connectivity index (χ1n) is 9.43. The normalized spacial score (nSPS) is 16.8. The van der Waals surface area contributed by atoms with Gasteiger partial charge in [-0.25, -0.2) is 15.0 Å². The summed E-state index contributed by atoms with van der Waals surface area (Å²) < 4.78 is 11.4. The highest BCUT2D eigenvalue weighted by atomic mass is 16.5. The highest BCUT2D eigenvalue weighted by molar-refractivity contribution is 5.97. The molecule has 0 spiro atoms. The first kappa shape index (κ1) is 19.1. The molecule has 1 aliphatic rings. The molecule has 8 nitrogen and oxygen atoms in total. The molecular weight excluding hydrogens is 370 g/mol. The minimum atomic E-state index is -0.343. The summed E-state index contributed by atoms with van der Waals surface area (Å²) in [5, 5.41) is 0.701. The van der Waals surface area contributed by atoms with Crippen LogP contribution < -0.4 is 10.5 Å². The van der Waals surface area contributed by atoms with E-state index in [2.05, 4.69) is 15.0 Å². The number of fused-ring (bicyclic) bond motifs is 1. The Morgan fingerprint density at radius 3 is 2.83 bits per heavy atom. The van der Waals surface area contributed by atoms with Crippen molar-refractivity contribution >= 4 is 22.8 Å².